The molecule has 0 unspecified atom stereocenters. The fourth-order valence-electron chi connectivity index (χ4n) is 3.04. The molecule has 7 nitrogen and oxygen atoms in total. The first-order valence-electron chi connectivity index (χ1n) is 9.38. The minimum Gasteiger partial charge on any atom is -0.487 e. The first kappa shape index (κ1) is 20.5. The molecule has 30 heavy (non-hydrogen) atoms. The van der Waals surface area contributed by atoms with Gasteiger partial charge in [0.25, 0.3) is 5.91 Å². The van der Waals surface area contributed by atoms with Crippen LogP contribution in [0.5, 0.6) is 5.75 Å². The number of amides is 1. The molecule has 1 aliphatic rings. The number of nitrogens with zero attached hydrogens (tertiary/aromatic N) is 2. The molecule has 3 aromatic rings. The Hall–Kier alpha value is -2.75. The third-order valence-corrected chi connectivity index (χ3v) is 7.93. The van der Waals surface area contributed by atoms with Gasteiger partial charge in [-0.2, -0.15) is 4.31 Å². The van der Waals surface area contributed by atoms with Gasteiger partial charge in [-0.3, -0.25) is 10.1 Å². The predicted octanol–water partition coefficient (Wildman–Crippen LogP) is 3.98. The van der Waals surface area contributed by atoms with E-state index in [4.69, 9.17) is 4.74 Å². The molecule has 0 atom stereocenters. The lowest BCUT2D eigenvalue weighted by atomic mass is 10.1. The molecule has 0 aliphatic carbocycles. The SMILES string of the molecule is CC(C)N(C)S(=O)(=O)c1ccc(C(=O)Nc2nc3c(s2)COc2ccccc2-3)cc1. The van der Waals surface area contributed by atoms with Crippen LogP contribution < -0.4 is 10.1 Å². The van der Waals surface area contributed by atoms with Crippen LogP contribution in [0, 0.1) is 0 Å². The summed E-state index contributed by atoms with van der Waals surface area (Å²) in [7, 11) is -2.06. The Morgan fingerprint density at radius 1 is 1.17 bits per heavy atom. The number of fused-ring (bicyclic) bond motifs is 3. The van der Waals surface area contributed by atoms with E-state index in [-0.39, 0.29) is 16.8 Å². The van der Waals surface area contributed by atoms with E-state index in [1.807, 2.05) is 24.3 Å². The number of anilines is 1. The maximum Gasteiger partial charge on any atom is 0.257 e. The van der Waals surface area contributed by atoms with Crippen molar-refractivity contribution < 1.29 is 17.9 Å². The Bertz CT molecular complexity index is 1200. The van der Waals surface area contributed by atoms with Crippen LogP contribution in [0.3, 0.4) is 0 Å². The monoisotopic (exact) mass is 443 g/mol. The van der Waals surface area contributed by atoms with E-state index in [1.54, 1.807) is 13.8 Å². The average molecular weight is 444 g/mol. The number of ether oxygens (including phenoxy) is 1. The second kappa shape index (κ2) is 7.82. The van der Waals surface area contributed by atoms with Crippen LogP contribution in [-0.4, -0.2) is 36.7 Å². The zero-order valence-corrected chi connectivity index (χ0v) is 18.4. The average Bonchev–Trinajstić information content (AvgIpc) is 3.16. The van der Waals surface area contributed by atoms with Crippen molar-refractivity contribution in [3.05, 3.63) is 59.0 Å². The number of para-hydroxylation sites is 1. The summed E-state index contributed by atoms with van der Waals surface area (Å²) in [5, 5.41) is 3.27. The molecule has 2 heterocycles. The fraction of sp³-hybridized carbons (Fsp3) is 0.238. The minimum absolute atomic E-state index is 0.147. The number of sulfonamides is 1. The summed E-state index contributed by atoms with van der Waals surface area (Å²) in [6, 6.07) is 13.4. The highest BCUT2D eigenvalue weighted by Crippen LogP contribution is 2.40. The lowest BCUT2D eigenvalue weighted by Gasteiger charge is -2.20. The number of carbonyl (C=O) groups is 1. The highest BCUT2D eigenvalue weighted by atomic mass is 32.2. The van der Waals surface area contributed by atoms with Gasteiger partial charge in [-0.1, -0.05) is 23.5 Å². The van der Waals surface area contributed by atoms with E-state index >= 15 is 0 Å². The van der Waals surface area contributed by atoms with Gasteiger partial charge in [-0.15, -0.1) is 0 Å². The van der Waals surface area contributed by atoms with E-state index in [1.165, 1.54) is 47.0 Å². The molecule has 1 N–H and O–H groups in total. The summed E-state index contributed by atoms with van der Waals surface area (Å²) >= 11 is 1.37. The van der Waals surface area contributed by atoms with Crippen LogP contribution in [0.25, 0.3) is 11.3 Å². The van der Waals surface area contributed by atoms with E-state index in [9.17, 15) is 13.2 Å². The van der Waals surface area contributed by atoms with Crippen molar-refractivity contribution in [2.75, 3.05) is 12.4 Å². The highest BCUT2D eigenvalue weighted by molar-refractivity contribution is 7.89. The maximum atomic E-state index is 12.6. The molecule has 0 radical (unpaired) electrons. The Labute approximate surface area is 179 Å². The van der Waals surface area contributed by atoms with Gasteiger partial charge in [0.15, 0.2) is 5.13 Å². The molecular weight excluding hydrogens is 422 g/mol. The molecule has 0 spiro atoms. The molecule has 4 rings (SSSR count). The van der Waals surface area contributed by atoms with Crippen LogP contribution in [0.15, 0.2) is 53.4 Å². The smallest absolute Gasteiger partial charge is 0.257 e. The zero-order chi connectivity index (χ0) is 21.5. The zero-order valence-electron chi connectivity index (χ0n) is 16.7. The normalized spacial score (nSPS) is 13.0. The van der Waals surface area contributed by atoms with E-state index < -0.39 is 10.0 Å². The molecule has 2 aromatic carbocycles. The highest BCUT2D eigenvalue weighted by Gasteiger charge is 2.24. The van der Waals surface area contributed by atoms with E-state index in [2.05, 4.69) is 10.3 Å². The predicted molar refractivity (Wildman–Crippen MR) is 116 cm³/mol. The molecule has 0 saturated heterocycles. The Kier molecular flexibility index (Phi) is 5.35. The molecule has 1 amide bonds. The molecular formula is C21H21N3O4S2. The van der Waals surface area contributed by atoms with Gasteiger partial charge < -0.3 is 4.74 Å². The molecule has 9 heteroatoms. The number of rotatable bonds is 5. The number of nitrogens with one attached hydrogen (secondary N) is 1. The molecule has 1 aromatic heterocycles. The van der Waals surface area contributed by atoms with Crippen LogP contribution in [0.2, 0.25) is 0 Å². The van der Waals surface area contributed by atoms with Crippen molar-refractivity contribution in [2.24, 2.45) is 0 Å². The van der Waals surface area contributed by atoms with Crippen LogP contribution in [0.1, 0.15) is 29.1 Å². The third-order valence-electron chi connectivity index (χ3n) is 4.94. The first-order chi connectivity index (χ1) is 14.3. The number of hydrogen-bond acceptors (Lipinski definition) is 6. The van der Waals surface area contributed by atoms with Gasteiger partial charge in [0, 0.05) is 24.2 Å². The van der Waals surface area contributed by atoms with Crippen LogP contribution in [-0.2, 0) is 16.6 Å². The number of benzene rings is 2. The van der Waals surface area contributed by atoms with Gasteiger partial charge in [0.1, 0.15) is 12.4 Å². The van der Waals surface area contributed by atoms with Crippen LogP contribution >= 0.6 is 11.3 Å². The number of hydrogen-bond donors (Lipinski definition) is 1. The molecule has 1 aliphatic heterocycles. The number of thiazole rings is 1. The lowest BCUT2D eigenvalue weighted by Crippen LogP contribution is -2.33. The summed E-state index contributed by atoms with van der Waals surface area (Å²) in [5.74, 6) is 0.424. The van der Waals surface area contributed by atoms with Gasteiger partial charge in [-0.25, -0.2) is 13.4 Å². The molecule has 0 bridgehead atoms. The summed E-state index contributed by atoms with van der Waals surface area (Å²) in [4.78, 5) is 18.3. The largest absolute Gasteiger partial charge is 0.487 e. The van der Waals surface area contributed by atoms with E-state index in [0.717, 1.165) is 21.9 Å². The van der Waals surface area contributed by atoms with Crippen LogP contribution in [0.4, 0.5) is 5.13 Å². The van der Waals surface area contributed by atoms with Crippen molar-refractivity contribution in [3.8, 4) is 17.0 Å². The van der Waals surface area contributed by atoms with E-state index in [0.29, 0.717) is 17.3 Å². The van der Waals surface area contributed by atoms with Crippen molar-refractivity contribution in [1.29, 1.82) is 0 Å². The molecule has 0 fully saturated rings. The quantitative estimate of drug-likeness (QED) is 0.644. The Morgan fingerprint density at radius 2 is 1.87 bits per heavy atom. The van der Waals surface area contributed by atoms with Crippen molar-refractivity contribution in [2.45, 2.75) is 31.4 Å². The summed E-state index contributed by atoms with van der Waals surface area (Å²) in [5.41, 5.74) is 2.07. The Morgan fingerprint density at radius 3 is 2.57 bits per heavy atom. The summed E-state index contributed by atoms with van der Waals surface area (Å²) < 4.78 is 32.2. The van der Waals surface area contributed by atoms with Gasteiger partial charge >= 0.3 is 0 Å². The standard InChI is InChI=1S/C21H21N3O4S2/c1-13(2)24(3)30(26,27)15-10-8-14(9-11-15)20(25)23-21-22-19-16-6-4-5-7-17(16)28-12-18(19)29-21/h4-11,13H,12H2,1-3H3,(H,22,23,25). The fourth-order valence-corrected chi connectivity index (χ4v) is 5.29. The second-order valence-electron chi connectivity index (χ2n) is 7.17. The summed E-state index contributed by atoms with van der Waals surface area (Å²) in [6.45, 7) is 4.02. The number of carbonyl (C=O) groups excluding carboxylic acids is 1. The van der Waals surface area contributed by atoms with Crippen molar-refractivity contribution >= 4 is 32.4 Å². The minimum atomic E-state index is -3.59. The second-order valence-corrected chi connectivity index (χ2v) is 10.3. The number of aromatic nitrogens is 1. The maximum absolute atomic E-state index is 12.6. The first-order valence-corrected chi connectivity index (χ1v) is 11.6. The topological polar surface area (TPSA) is 88.6 Å². The van der Waals surface area contributed by atoms with Gasteiger partial charge in [-0.05, 0) is 50.2 Å². The van der Waals surface area contributed by atoms with Gasteiger partial charge in [0.2, 0.25) is 10.0 Å². The third kappa shape index (κ3) is 3.71. The van der Waals surface area contributed by atoms with Gasteiger partial charge in [0.05, 0.1) is 15.5 Å². The lowest BCUT2D eigenvalue weighted by molar-refractivity contribution is 0.102. The van der Waals surface area contributed by atoms with Crippen molar-refractivity contribution in [1.82, 2.24) is 9.29 Å². The van der Waals surface area contributed by atoms with Crippen molar-refractivity contribution in [3.63, 3.8) is 0 Å². The molecule has 156 valence electrons. The molecule has 0 saturated carbocycles. The summed E-state index contributed by atoms with van der Waals surface area (Å²) in [6.07, 6.45) is 0. The Balaban J connectivity index is 1.53.